The number of amides is 1. The second kappa shape index (κ2) is 7.53. The van der Waals surface area contributed by atoms with Gasteiger partial charge in [0.25, 0.3) is 0 Å². The normalized spacial score (nSPS) is 11.0. The molecule has 0 unspecified atom stereocenters. The molecule has 0 aliphatic rings. The number of aryl methyl sites for hydroxylation is 1. The minimum Gasteiger partial charge on any atom is -0.485 e. The van der Waals surface area contributed by atoms with E-state index < -0.39 is 0 Å². The van der Waals surface area contributed by atoms with E-state index in [-0.39, 0.29) is 19.1 Å². The highest BCUT2D eigenvalue weighted by molar-refractivity contribution is 6.38. The minimum atomic E-state index is -0.251. The second-order valence-corrected chi connectivity index (χ2v) is 6.58. The van der Waals surface area contributed by atoms with Crippen LogP contribution in [0.25, 0.3) is 5.65 Å². The number of aromatic nitrogens is 2. The van der Waals surface area contributed by atoms with Crippen LogP contribution in [-0.4, -0.2) is 28.9 Å². The van der Waals surface area contributed by atoms with Crippen LogP contribution in [0.1, 0.15) is 11.3 Å². The van der Waals surface area contributed by atoms with Gasteiger partial charge in [-0.25, -0.2) is 4.98 Å². The number of pyridine rings is 1. The van der Waals surface area contributed by atoms with Crippen molar-refractivity contribution in [2.24, 2.45) is 5.73 Å². The van der Waals surface area contributed by atoms with Gasteiger partial charge >= 0.3 is 0 Å². The van der Waals surface area contributed by atoms with Gasteiger partial charge in [0.2, 0.25) is 5.91 Å². The maximum absolute atomic E-state index is 11.9. The number of fused-ring (bicyclic) bond motifs is 1. The van der Waals surface area contributed by atoms with Gasteiger partial charge in [-0.05, 0) is 31.2 Å². The lowest BCUT2D eigenvalue weighted by atomic mass is 10.2. The van der Waals surface area contributed by atoms with Crippen LogP contribution >= 0.6 is 23.2 Å². The molecule has 0 saturated heterocycles. The number of hydrogen-bond donors (Lipinski definition) is 1. The number of nitrogens with zero attached hydrogens (tertiary/aromatic N) is 3. The van der Waals surface area contributed by atoms with Crippen molar-refractivity contribution >= 4 is 40.4 Å². The molecule has 0 saturated carbocycles. The van der Waals surface area contributed by atoms with Gasteiger partial charge in [0.15, 0.2) is 11.4 Å². The predicted octanol–water partition coefficient (Wildman–Crippen LogP) is 3.45. The van der Waals surface area contributed by atoms with Crippen LogP contribution in [0.15, 0.2) is 36.7 Å². The summed E-state index contributed by atoms with van der Waals surface area (Å²) >= 11 is 12.8. The Morgan fingerprint density at radius 2 is 2.12 bits per heavy atom. The fourth-order valence-corrected chi connectivity index (χ4v) is 3.23. The average molecular weight is 393 g/mol. The molecule has 3 aromatic rings. The lowest BCUT2D eigenvalue weighted by Gasteiger charge is -2.20. The van der Waals surface area contributed by atoms with Crippen molar-refractivity contribution in [2.45, 2.75) is 13.5 Å². The van der Waals surface area contributed by atoms with Crippen molar-refractivity contribution in [1.29, 1.82) is 0 Å². The van der Waals surface area contributed by atoms with E-state index in [1.54, 1.807) is 19.2 Å². The lowest BCUT2D eigenvalue weighted by molar-refractivity contribution is -0.117. The fourth-order valence-electron chi connectivity index (χ4n) is 2.62. The predicted molar refractivity (Wildman–Crippen MR) is 103 cm³/mol. The van der Waals surface area contributed by atoms with Crippen molar-refractivity contribution < 1.29 is 9.53 Å². The van der Waals surface area contributed by atoms with Gasteiger partial charge in [-0.15, -0.1) is 0 Å². The molecule has 0 fully saturated rings. The zero-order valence-corrected chi connectivity index (χ0v) is 15.9. The summed E-state index contributed by atoms with van der Waals surface area (Å²) in [5, 5.41) is 0.812. The Morgan fingerprint density at radius 3 is 2.85 bits per heavy atom. The molecule has 0 aliphatic carbocycles. The summed E-state index contributed by atoms with van der Waals surface area (Å²) in [6, 6.07) is 7.07. The summed E-state index contributed by atoms with van der Waals surface area (Å²) in [4.78, 5) is 17.7. The van der Waals surface area contributed by atoms with Gasteiger partial charge in [-0.1, -0.05) is 23.2 Å². The Bertz CT molecular complexity index is 971. The highest BCUT2D eigenvalue weighted by atomic mass is 35.5. The van der Waals surface area contributed by atoms with Gasteiger partial charge in [0.05, 0.1) is 22.9 Å². The number of hydrogen-bond acceptors (Lipinski definition) is 4. The number of carbonyl (C=O) groups excluding carboxylic acids is 1. The molecule has 1 amide bonds. The van der Waals surface area contributed by atoms with Crippen LogP contribution in [0, 0.1) is 6.92 Å². The number of rotatable bonds is 5. The maximum Gasteiger partial charge on any atom is 0.240 e. The Labute approximate surface area is 161 Å². The van der Waals surface area contributed by atoms with E-state index in [4.69, 9.17) is 33.7 Å². The van der Waals surface area contributed by atoms with Crippen molar-refractivity contribution in [2.75, 3.05) is 18.5 Å². The third-order valence-corrected chi connectivity index (χ3v) is 4.79. The molecule has 136 valence electrons. The van der Waals surface area contributed by atoms with E-state index in [0.717, 1.165) is 5.69 Å². The van der Waals surface area contributed by atoms with Crippen molar-refractivity contribution in [3.63, 3.8) is 0 Å². The van der Waals surface area contributed by atoms with Crippen LogP contribution in [-0.2, 0) is 11.4 Å². The zero-order valence-electron chi connectivity index (χ0n) is 14.4. The Kier molecular flexibility index (Phi) is 5.36. The number of halogens is 2. The molecule has 6 nitrogen and oxygen atoms in total. The Hall–Kier alpha value is -2.28. The molecule has 2 heterocycles. The molecule has 0 aliphatic heterocycles. The first-order valence-electron chi connectivity index (χ1n) is 7.93. The van der Waals surface area contributed by atoms with Crippen LogP contribution in [0.4, 0.5) is 5.69 Å². The molecular weight excluding hydrogens is 375 g/mol. The van der Waals surface area contributed by atoms with Crippen LogP contribution in [0.2, 0.25) is 10.0 Å². The van der Waals surface area contributed by atoms with Crippen molar-refractivity contribution in [1.82, 2.24) is 9.38 Å². The molecule has 26 heavy (non-hydrogen) atoms. The number of carbonyl (C=O) groups is 1. The summed E-state index contributed by atoms with van der Waals surface area (Å²) in [6.07, 6.45) is 3.81. The molecule has 2 N–H and O–H groups in total. The van der Waals surface area contributed by atoms with Gasteiger partial charge in [-0.3, -0.25) is 4.79 Å². The van der Waals surface area contributed by atoms with Crippen LogP contribution < -0.4 is 15.4 Å². The molecule has 0 bridgehead atoms. The smallest absolute Gasteiger partial charge is 0.240 e. The topological polar surface area (TPSA) is 72.9 Å². The summed E-state index contributed by atoms with van der Waals surface area (Å²) in [5.74, 6) is 0.364. The number of nitrogens with two attached hydrogens (primary N) is 1. The summed E-state index contributed by atoms with van der Waals surface area (Å²) in [7, 11) is 1.61. The van der Waals surface area contributed by atoms with Gasteiger partial charge in [0, 0.05) is 30.0 Å². The molecular formula is C18H18Cl2N4O2. The van der Waals surface area contributed by atoms with Crippen LogP contribution in [0.5, 0.6) is 5.75 Å². The standard InChI is InChI=1S/C18H18Cl2N4O2/c1-11-9-24-7-3-4-15(18(24)22-11)26-10-12-13(19)5-6-14(17(12)20)23(2)16(25)8-21/h3-7,9H,8,10,21H2,1-2H3. The van der Waals surface area contributed by atoms with Crippen molar-refractivity contribution in [3.05, 3.63) is 58.0 Å². The quantitative estimate of drug-likeness (QED) is 0.721. The maximum atomic E-state index is 11.9. The highest BCUT2D eigenvalue weighted by Gasteiger charge is 2.18. The number of benzene rings is 1. The third-order valence-electron chi connectivity index (χ3n) is 4.02. The molecule has 1 aromatic carbocycles. The number of likely N-dealkylation sites (N-methyl/N-ethyl adjacent to an activating group) is 1. The third kappa shape index (κ3) is 3.49. The first-order chi connectivity index (χ1) is 12.4. The number of imidazole rings is 1. The average Bonchev–Trinajstić information content (AvgIpc) is 3.01. The van der Waals surface area contributed by atoms with E-state index in [9.17, 15) is 4.79 Å². The summed E-state index contributed by atoms with van der Waals surface area (Å²) < 4.78 is 7.81. The molecule has 2 aromatic heterocycles. The Balaban J connectivity index is 1.91. The summed E-state index contributed by atoms with van der Waals surface area (Å²) in [6.45, 7) is 1.95. The second-order valence-electron chi connectivity index (χ2n) is 5.79. The number of ether oxygens (including phenoxy) is 1. The van der Waals surface area contributed by atoms with Gasteiger partial charge in [0.1, 0.15) is 6.61 Å². The number of anilines is 1. The lowest BCUT2D eigenvalue weighted by Crippen LogP contribution is -2.32. The first-order valence-corrected chi connectivity index (χ1v) is 8.68. The van der Waals surface area contributed by atoms with E-state index in [1.165, 1.54) is 4.90 Å². The fraction of sp³-hybridized carbons (Fsp3) is 0.222. The highest BCUT2D eigenvalue weighted by Crippen LogP contribution is 2.34. The molecule has 0 spiro atoms. The van der Waals surface area contributed by atoms with E-state index in [1.807, 2.05) is 35.9 Å². The van der Waals surface area contributed by atoms with E-state index in [2.05, 4.69) is 4.98 Å². The van der Waals surface area contributed by atoms with E-state index in [0.29, 0.717) is 32.7 Å². The van der Waals surface area contributed by atoms with E-state index >= 15 is 0 Å². The van der Waals surface area contributed by atoms with Gasteiger partial charge < -0.3 is 19.8 Å². The van der Waals surface area contributed by atoms with Crippen LogP contribution in [0.3, 0.4) is 0 Å². The zero-order chi connectivity index (χ0) is 18.8. The SMILES string of the molecule is Cc1cn2cccc(OCc3c(Cl)ccc(N(C)C(=O)CN)c3Cl)c2n1. The minimum absolute atomic E-state index is 0.109. The molecule has 0 atom stereocenters. The molecule has 3 rings (SSSR count). The first kappa shape index (κ1) is 18.5. The monoisotopic (exact) mass is 392 g/mol. The molecule has 8 heteroatoms. The largest absolute Gasteiger partial charge is 0.485 e. The summed E-state index contributed by atoms with van der Waals surface area (Å²) in [5.41, 5.74) is 8.14. The Morgan fingerprint density at radius 1 is 1.35 bits per heavy atom. The van der Waals surface area contributed by atoms with Gasteiger partial charge in [-0.2, -0.15) is 0 Å². The molecule has 0 radical (unpaired) electrons. The van der Waals surface area contributed by atoms with Crippen molar-refractivity contribution in [3.8, 4) is 5.75 Å².